The van der Waals surface area contributed by atoms with E-state index in [-0.39, 0.29) is 11.6 Å². The Morgan fingerprint density at radius 1 is 1.58 bits per heavy atom. The van der Waals surface area contributed by atoms with Crippen LogP contribution in [-0.2, 0) is 12.1 Å². The third kappa shape index (κ3) is 2.76. The number of hydrogen-bond acceptors (Lipinski definition) is 5. The van der Waals surface area contributed by atoms with Crippen molar-refractivity contribution < 1.29 is 4.79 Å². The molecule has 2 heterocycles. The fourth-order valence-electron chi connectivity index (χ4n) is 1.70. The molecule has 0 saturated carbocycles. The Morgan fingerprint density at radius 3 is 2.84 bits per heavy atom. The van der Waals surface area contributed by atoms with Crippen molar-refractivity contribution in [2.45, 2.75) is 32.9 Å². The molecule has 0 aliphatic carbocycles. The van der Waals surface area contributed by atoms with Crippen molar-refractivity contribution in [3.05, 3.63) is 28.5 Å². The summed E-state index contributed by atoms with van der Waals surface area (Å²) in [5.74, 6) is -0.287. The van der Waals surface area contributed by atoms with Crippen molar-refractivity contribution in [2.75, 3.05) is 5.73 Å². The van der Waals surface area contributed by atoms with Crippen LogP contribution in [0.1, 0.15) is 36.3 Å². The van der Waals surface area contributed by atoms with Crippen molar-refractivity contribution in [3.8, 4) is 0 Å². The maximum Gasteiger partial charge on any atom is 0.274 e. The molecule has 0 aliphatic heterocycles. The van der Waals surface area contributed by atoms with Gasteiger partial charge in [-0.2, -0.15) is 5.10 Å². The van der Waals surface area contributed by atoms with E-state index in [1.165, 1.54) is 11.3 Å². The van der Waals surface area contributed by atoms with Crippen molar-refractivity contribution in [1.29, 1.82) is 0 Å². The molecule has 2 rings (SSSR count). The van der Waals surface area contributed by atoms with Crippen LogP contribution in [0.15, 0.2) is 17.8 Å². The Hall–Kier alpha value is -1.89. The summed E-state index contributed by atoms with van der Waals surface area (Å²) < 4.78 is 1.64. The lowest BCUT2D eigenvalue weighted by atomic mass is 10.1. The van der Waals surface area contributed by atoms with Crippen molar-refractivity contribution in [3.63, 3.8) is 0 Å². The average Bonchev–Trinajstić information content (AvgIpc) is 2.96. The van der Waals surface area contributed by atoms with Crippen LogP contribution in [0.2, 0.25) is 0 Å². The molecule has 0 unspecified atom stereocenters. The summed E-state index contributed by atoms with van der Waals surface area (Å²) in [7, 11) is 0. The van der Waals surface area contributed by atoms with Crippen LogP contribution in [0, 0.1) is 0 Å². The van der Waals surface area contributed by atoms with Crippen molar-refractivity contribution in [1.82, 2.24) is 20.1 Å². The van der Waals surface area contributed by atoms with Gasteiger partial charge in [-0.3, -0.25) is 9.48 Å². The van der Waals surface area contributed by atoms with E-state index in [1.54, 1.807) is 17.1 Å². The quantitative estimate of drug-likeness (QED) is 0.890. The monoisotopic (exact) mass is 279 g/mol. The van der Waals surface area contributed by atoms with Crippen LogP contribution < -0.4 is 11.1 Å². The summed E-state index contributed by atoms with van der Waals surface area (Å²) in [6.45, 7) is 6.41. The van der Waals surface area contributed by atoms with Gasteiger partial charge in [-0.15, -0.1) is 11.3 Å². The summed E-state index contributed by atoms with van der Waals surface area (Å²) in [4.78, 5) is 16.4. The number of nitrogens with zero attached hydrogens (tertiary/aromatic N) is 3. The lowest BCUT2D eigenvalue weighted by Gasteiger charge is -2.23. The molecule has 0 fully saturated rings. The van der Waals surface area contributed by atoms with Gasteiger partial charge in [0.2, 0.25) is 0 Å². The standard InChI is InChI=1S/C12H17N5OS/c1-4-17-7-8(13)9(16-17)10(18)15-12(2,3)11-14-5-6-19-11/h5-7H,4,13H2,1-3H3,(H,15,18). The molecule has 7 heteroatoms. The minimum atomic E-state index is -0.548. The Labute approximate surface area is 115 Å². The molecule has 0 spiro atoms. The third-order valence-electron chi connectivity index (χ3n) is 2.72. The van der Waals surface area contributed by atoms with E-state index in [2.05, 4.69) is 15.4 Å². The summed E-state index contributed by atoms with van der Waals surface area (Å²) in [6.07, 6.45) is 3.37. The molecular formula is C12H17N5OS. The highest BCUT2D eigenvalue weighted by molar-refractivity contribution is 7.09. The van der Waals surface area contributed by atoms with Gasteiger partial charge in [0, 0.05) is 24.3 Å². The fourth-order valence-corrected chi connectivity index (χ4v) is 2.42. The molecule has 6 nitrogen and oxygen atoms in total. The summed E-state index contributed by atoms with van der Waals surface area (Å²) >= 11 is 1.50. The summed E-state index contributed by atoms with van der Waals surface area (Å²) in [5, 5.41) is 9.78. The number of aromatic nitrogens is 3. The number of carbonyl (C=O) groups is 1. The van der Waals surface area contributed by atoms with Crippen LogP contribution in [0.3, 0.4) is 0 Å². The van der Waals surface area contributed by atoms with E-state index >= 15 is 0 Å². The first-order valence-electron chi connectivity index (χ1n) is 5.99. The number of nitrogens with two attached hydrogens (primary N) is 1. The smallest absolute Gasteiger partial charge is 0.274 e. The van der Waals surface area contributed by atoms with E-state index < -0.39 is 5.54 Å². The zero-order valence-electron chi connectivity index (χ0n) is 11.2. The van der Waals surface area contributed by atoms with Crippen molar-refractivity contribution >= 4 is 22.9 Å². The minimum absolute atomic E-state index is 0.256. The van der Waals surface area contributed by atoms with Crippen molar-refractivity contribution in [2.24, 2.45) is 0 Å². The van der Waals surface area contributed by atoms with Crippen LogP contribution in [-0.4, -0.2) is 20.7 Å². The minimum Gasteiger partial charge on any atom is -0.396 e. The number of nitrogen functional groups attached to an aromatic ring is 1. The molecular weight excluding hydrogens is 262 g/mol. The zero-order chi connectivity index (χ0) is 14.0. The normalized spacial score (nSPS) is 11.5. The Bertz CT molecular complexity index is 573. The lowest BCUT2D eigenvalue weighted by molar-refractivity contribution is 0.0907. The number of carbonyl (C=O) groups excluding carboxylic acids is 1. The number of thiazole rings is 1. The molecule has 2 aromatic heterocycles. The maximum atomic E-state index is 12.2. The number of aryl methyl sites for hydroxylation is 1. The van der Waals surface area contributed by atoms with E-state index in [1.807, 2.05) is 26.2 Å². The molecule has 2 aromatic rings. The SMILES string of the molecule is CCn1cc(N)c(C(=O)NC(C)(C)c2nccs2)n1. The fraction of sp³-hybridized carbons (Fsp3) is 0.417. The molecule has 0 saturated heterocycles. The largest absolute Gasteiger partial charge is 0.396 e. The van der Waals surface area contributed by atoms with Gasteiger partial charge in [0.15, 0.2) is 5.69 Å². The molecule has 19 heavy (non-hydrogen) atoms. The van der Waals surface area contributed by atoms with Crippen LogP contribution in [0.4, 0.5) is 5.69 Å². The Balaban J connectivity index is 2.19. The average molecular weight is 279 g/mol. The second-order valence-electron chi connectivity index (χ2n) is 4.71. The lowest BCUT2D eigenvalue weighted by Crippen LogP contribution is -2.41. The molecule has 102 valence electrons. The number of rotatable bonds is 4. The predicted octanol–water partition coefficient (Wildman–Crippen LogP) is 1.61. The van der Waals surface area contributed by atoms with Gasteiger partial charge in [0.05, 0.1) is 11.2 Å². The second kappa shape index (κ2) is 5.00. The number of anilines is 1. The topological polar surface area (TPSA) is 85.8 Å². The van der Waals surface area contributed by atoms with Gasteiger partial charge < -0.3 is 11.1 Å². The maximum absolute atomic E-state index is 12.2. The molecule has 0 radical (unpaired) electrons. The van der Waals surface area contributed by atoms with Crippen LogP contribution >= 0.6 is 11.3 Å². The van der Waals surface area contributed by atoms with Gasteiger partial charge in [0.25, 0.3) is 5.91 Å². The van der Waals surface area contributed by atoms with Gasteiger partial charge in [-0.05, 0) is 20.8 Å². The summed E-state index contributed by atoms with van der Waals surface area (Å²) in [5.41, 5.74) is 5.89. The first kappa shape index (κ1) is 13.5. The van der Waals surface area contributed by atoms with Gasteiger partial charge in [-0.25, -0.2) is 4.98 Å². The zero-order valence-corrected chi connectivity index (χ0v) is 12.0. The van der Waals surface area contributed by atoms with E-state index in [0.717, 1.165) is 5.01 Å². The molecule has 0 atom stereocenters. The molecule has 0 bridgehead atoms. The highest BCUT2D eigenvalue weighted by Crippen LogP contribution is 2.23. The molecule has 0 aliphatic rings. The highest BCUT2D eigenvalue weighted by Gasteiger charge is 2.27. The summed E-state index contributed by atoms with van der Waals surface area (Å²) in [6, 6.07) is 0. The molecule has 1 amide bonds. The van der Waals surface area contributed by atoms with E-state index in [4.69, 9.17) is 5.73 Å². The Morgan fingerprint density at radius 2 is 2.32 bits per heavy atom. The number of amides is 1. The highest BCUT2D eigenvalue weighted by atomic mass is 32.1. The molecule has 3 N–H and O–H groups in total. The number of nitrogens with one attached hydrogen (secondary N) is 1. The first-order chi connectivity index (χ1) is 8.94. The second-order valence-corrected chi connectivity index (χ2v) is 5.60. The van der Waals surface area contributed by atoms with E-state index in [0.29, 0.717) is 12.2 Å². The molecule has 0 aromatic carbocycles. The van der Waals surface area contributed by atoms with Gasteiger partial charge in [0.1, 0.15) is 5.01 Å². The van der Waals surface area contributed by atoms with Crippen LogP contribution in [0.5, 0.6) is 0 Å². The first-order valence-corrected chi connectivity index (χ1v) is 6.87. The Kier molecular flexibility index (Phi) is 3.57. The number of hydrogen-bond donors (Lipinski definition) is 2. The van der Waals surface area contributed by atoms with Gasteiger partial charge >= 0.3 is 0 Å². The predicted molar refractivity (Wildman–Crippen MR) is 74.9 cm³/mol. The van der Waals surface area contributed by atoms with Gasteiger partial charge in [-0.1, -0.05) is 0 Å². The third-order valence-corrected chi connectivity index (χ3v) is 3.82. The van der Waals surface area contributed by atoms with E-state index in [9.17, 15) is 4.79 Å². The van der Waals surface area contributed by atoms with Crippen LogP contribution in [0.25, 0.3) is 0 Å².